The van der Waals surface area contributed by atoms with Gasteiger partial charge in [0, 0.05) is 16.2 Å². The van der Waals surface area contributed by atoms with Crippen LogP contribution in [0.2, 0.25) is 0 Å². The summed E-state index contributed by atoms with van der Waals surface area (Å²) in [6.45, 7) is 5.14. The Labute approximate surface area is 96.4 Å². The summed E-state index contributed by atoms with van der Waals surface area (Å²) >= 11 is 1.98. The average molecular weight is 221 g/mol. The molecule has 0 aromatic heterocycles. The second-order valence-corrected chi connectivity index (χ2v) is 6.13. The molecule has 1 aromatic rings. The molecule has 82 valence electrons. The molecule has 1 aliphatic rings. The molecule has 1 nitrogen and oxygen atoms in total. The standard InChI is InChI=1S/C13H19NS/c1-10-4-5-12(8-11(10)2)15-13(9-14)6-3-7-13/h4-5,8H,3,6-7,9,14H2,1-2H3. The Morgan fingerprint density at radius 2 is 2.00 bits per heavy atom. The van der Waals surface area contributed by atoms with Crippen molar-refractivity contribution in [1.82, 2.24) is 0 Å². The smallest absolute Gasteiger partial charge is 0.0329 e. The van der Waals surface area contributed by atoms with Crippen molar-refractivity contribution in [2.45, 2.75) is 42.8 Å². The first-order valence-electron chi connectivity index (χ1n) is 5.62. The third kappa shape index (κ3) is 2.21. The zero-order valence-electron chi connectivity index (χ0n) is 9.55. The number of rotatable bonds is 3. The number of benzene rings is 1. The summed E-state index contributed by atoms with van der Waals surface area (Å²) in [6.07, 6.45) is 3.90. The van der Waals surface area contributed by atoms with Crippen LogP contribution in [-0.4, -0.2) is 11.3 Å². The van der Waals surface area contributed by atoms with E-state index < -0.39 is 0 Å². The van der Waals surface area contributed by atoms with Gasteiger partial charge in [0.25, 0.3) is 0 Å². The van der Waals surface area contributed by atoms with Gasteiger partial charge in [-0.2, -0.15) is 0 Å². The van der Waals surface area contributed by atoms with Crippen LogP contribution >= 0.6 is 11.8 Å². The SMILES string of the molecule is Cc1ccc(SC2(CN)CCC2)cc1C. The van der Waals surface area contributed by atoms with Gasteiger partial charge in [-0.05, 0) is 49.9 Å². The molecule has 0 spiro atoms. The third-order valence-corrected chi connectivity index (χ3v) is 4.95. The van der Waals surface area contributed by atoms with Gasteiger partial charge in [0.1, 0.15) is 0 Å². The van der Waals surface area contributed by atoms with Gasteiger partial charge in [0.15, 0.2) is 0 Å². The van der Waals surface area contributed by atoms with E-state index in [-0.39, 0.29) is 0 Å². The maximum Gasteiger partial charge on any atom is 0.0329 e. The molecule has 0 heterocycles. The Bertz CT molecular complexity index is 350. The molecule has 0 unspecified atom stereocenters. The molecule has 1 aliphatic carbocycles. The lowest BCUT2D eigenvalue weighted by Gasteiger charge is -2.40. The van der Waals surface area contributed by atoms with Gasteiger partial charge in [-0.1, -0.05) is 12.5 Å². The molecule has 1 fully saturated rings. The molecule has 0 saturated heterocycles. The summed E-state index contributed by atoms with van der Waals surface area (Å²) in [5.74, 6) is 0. The number of thioether (sulfide) groups is 1. The van der Waals surface area contributed by atoms with Gasteiger partial charge < -0.3 is 5.73 Å². The van der Waals surface area contributed by atoms with E-state index in [0.29, 0.717) is 4.75 Å². The number of aryl methyl sites for hydroxylation is 2. The molecule has 1 saturated carbocycles. The predicted octanol–water partition coefficient (Wildman–Crippen LogP) is 3.28. The molecule has 0 bridgehead atoms. The molecular weight excluding hydrogens is 202 g/mol. The third-order valence-electron chi connectivity index (χ3n) is 3.45. The first kappa shape index (κ1) is 11.0. The van der Waals surface area contributed by atoms with Crippen molar-refractivity contribution in [2.24, 2.45) is 5.73 Å². The lowest BCUT2D eigenvalue weighted by molar-refractivity contribution is 0.371. The summed E-state index contributed by atoms with van der Waals surface area (Å²) in [5, 5.41) is 0. The van der Waals surface area contributed by atoms with Crippen LogP contribution in [0, 0.1) is 13.8 Å². The van der Waals surface area contributed by atoms with Crippen LogP contribution in [0.15, 0.2) is 23.1 Å². The maximum atomic E-state index is 5.86. The topological polar surface area (TPSA) is 26.0 Å². The van der Waals surface area contributed by atoms with E-state index in [4.69, 9.17) is 5.73 Å². The predicted molar refractivity (Wildman–Crippen MR) is 67.4 cm³/mol. The minimum atomic E-state index is 0.349. The van der Waals surface area contributed by atoms with Crippen LogP contribution in [0.5, 0.6) is 0 Å². The highest BCUT2D eigenvalue weighted by atomic mass is 32.2. The summed E-state index contributed by atoms with van der Waals surface area (Å²) in [4.78, 5) is 1.38. The van der Waals surface area contributed by atoms with Gasteiger partial charge in [-0.25, -0.2) is 0 Å². The van der Waals surface area contributed by atoms with Crippen molar-refractivity contribution in [3.8, 4) is 0 Å². The monoisotopic (exact) mass is 221 g/mol. The van der Waals surface area contributed by atoms with Gasteiger partial charge in [0.2, 0.25) is 0 Å². The van der Waals surface area contributed by atoms with E-state index in [0.717, 1.165) is 6.54 Å². The van der Waals surface area contributed by atoms with E-state index in [9.17, 15) is 0 Å². The van der Waals surface area contributed by atoms with E-state index in [1.165, 1.54) is 35.3 Å². The van der Waals surface area contributed by atoms with Gasteiger partial charge in [-0.3, -0.25) is 0 Å². The van der Waals surface area contributed by atoms with E-state index in [1.54, 1.807) is 0 Å². The Kier molecular flexibility index (Phi) is 3.08. The van der Waals surface area contributed by atoms with Crippen LogP contribution in [0.3, 0.4) is 0 Å². The van der Waals surface area contributed by atoms with Crippen LogP contribution in [-0.2, 0) is 0 Å². The fraction of sp³-hybridized carbons (Fsp3) is 0.538. The largest absolute Gasteiger partial charge is 0.329 e. The number of hydrogen-bond acceptors (Lipinski definition) is 2. The lowest BCUT2D eigenvalue weighted by Crippen LogP contribution is -2.40. The Morgan fingerprint density at radius 1 is 1.27 bits per heavy atom. The first-order valence-corrected chi connectivity index (χ1v) is 6.43. The van der Waals surface area contributed by atoms with Crippen molar-refractivity contribution < 1.29 is 0 Å². The van der Waals surface area contributed by atoms with Crippen LogP contribution in [0.25, 0.3) is 0 Å². The van der Waals surface area contributed by atoms with E-state index >= 15 is 0 Å². The number of nitrogens with two attached hydrogens (primary N) is 1. The highest BCUT2D eigenvalue weighted by molar-refractivity contribution is 8.00. The highest BCUT2D eigenvalue weighted by Crippen LogP contribution is 2.46. The second kappa shape index (κ2) is 4.18. The van der Waals surface area contributed by atoms with Crippen molar-refractivity contribution in [3.63, 3.8) is 0 Å². The fourth-order valence-electron chi connectivity index (χ4n) is 1.95. The molecular formula is C13H19NS. The highest BCUT2D eigenvalue weighted by Gasteiger charge is 2.36. The van der Waals surface area contributed by atoms with E-state index in [1.807, 2.05) is 11.8 Å². The van der Waals surface area contributed by atoms with Gasteiger partial charge in [-0.15, -0.1) is 11.8 Å². The normalized spacial score (nSPS) is 18.6. The zero-order valence-corrected chi connectivity index (χ0v) is 10.4. The quantitative estimate of drug-likeness (QED) is 0.847. The van der Waals surface area contributed by atoms with E-state index in [2.05, 4.69) is 32.0 Å². The Balaban J connectivity index is 2.13. The first-order chi connectivity index (χ1) is 7.15. The van der Waals surface area contributed by atoms with Crippen molar-refractivity contribution in [1.29, 1.82) is 0 Å². The van der Waals surface area contributed by atoms with Crippen molar-refractivity contribution >= 4 is 11.8 Å². The molecule has 0 atom stereocenters. The van der Waals surface area contributed by atoms with Crippen LogP contribution < -0.4 is 5.73 Å². The van der Waals surface area contributed by atoms with Crippen molar-refractivity contribution in [3.05, 3.63) is 29.3 Å². The molecule has 15 heavy (non-hydrogen) atoms. The molecule has 1 aromatic carbocycles. The minimum absolute atomic E-state index is 0.349. The Hall–Kier alpha value is -0.470. The minimum Gasteiger partial charge on any atom is -0.329 e. The summed E-state index contributed by atoms with van der Waals surface area (Å²) in [6, 6.07) is 6.72. The lowest BCUT2D eigenvalue weighted by atomic mass is 9.84. The zero-order chi connectivity index (χ0) is 10.9. The Morgan fingerprint density at radius 3 is 2.47 bits per heavy atom. The maximum absolute atomic E-state index is 5.86. The van der Waals surface area contributed by atoms with Gasteiger partial charge in [0.05, 0.1) is 0 Å². The average Bonchev–Trinajstić information content (AvgIpc) is 2.17. The molecule has 0 aliphatic heterocycles. The molecule has 0 radical (unpaired) electrons. The summed E-state index contributed by atoms with van der Waals surface area (Å²) < 4.78 is 0.349. The number of hydrogen-bond donors (Lipinski definition) is 1. The molecule has 0 amide bonds. The van der Waals surface area contributed by atoms with Crippen molar-refractivity contribution in [2.75, 3.05) is 6.54 Å². The van der Waals surface area contributed by atoms with Crippen LogP contribution in [0.1, 0.15) is 30.4 Å². The van der Waals surface area contributed by atoms with Gasteiger partial charge >= 0.3 is 0 Å². The fourth-order valence-corrected chi connectivity index (χ4v) is 3.39. The summed E-state index contributed by atoms with van der Waals surface area (Å²) in [7, 11) is 0. The van der Waals surface area contributed by atoms with Crippen LogP contribution in [0.4, 0.5) is 0 Å². The second-order valence-electron chi connectivity index (χ2n) is 4.59. The summed E-state index contributed by atoms with van der Waals surface area (Å²) in [5.41, 5.74) is 8.61. The molecule has 2 rings (SSSR count). The molecule has 2 N–H and O–H groups in total. The molecule has 2 heteroatoms.